The van der Waals surface area contributed by atoms with Crippen molar-refractivity contribution in [2.24, 2.45) is 0 Å². The van der Waals surface area contributed by atoms with Crippen LogP contribution >= 0.6 is 22.7 Å². The van der Waals surface area contributed by atoms with Crippen molar-refractivity contribution in [3.63, 3.8) is 0 Å². The monoisotopic (exact) mass is 474 g/mol. The highest BCUT2D eigenvalue weighted by Gasteiger charge is 2.35. The Morgan fingerprint density at radius 1 is 0.618 bits per heavy atom. The van der Waals surface area contributed by atoms with E-state index in [1.807, 2.05) is 28.7 Å². The molecule has 166 valence electrons. The Hall–Kier alpha value is -3.20. The molecule has 2 heterocycles. The number of hydrogen-bond donors (Lipinski definition) is 0. The predicted molar refractivity (Wildman–Crippen MR) is 151 cm³/mol. The van der Waals surface area contributed by atoms with E-state index in [4.69, 9.17) is 0 Å². The summed E-state index contributed by atoms with van der Waals surface area (Å²) in [5.41, 5.74) is 10.7. The molecule has 34 heavy (non-hydrogen) atoms. The van der Waals surface area contributed by atoms with Gasteiger partial charge in [-0.05, 0) is 76.2 Å². The van der Waals surface area contributed by atoms with Gasteiger partial charge in [-0.25, -0.2) is 0 Å². The Morgan fingerprint density at radius 3 is 1.79 bits per heavy atom. The quantitative estimate of drug-likeness (QED) is 0.243. The van der Waals surface area contributed by atoms with E-state index in [1.54, 1.807) is 0 Å². The number of thiophene rings is 2. The van der Waals surface area contributed by atoms with E-state index in [1.165, 1.54) is 58.5 Å². The van der Waals surface area contributed by atoms with Crippen LogP contribution in [0.4, 0.5) is 0 Å². The fraction of sp³-hybridized carbons (Fsp3) is 0.125. The van der Waals surface area contributed by atoms with Gasteiger partial charge in [-0.3, -0.25) is 0 Å². The second-order valence-electron chi connectivity index (χ2n) is 9.59. The van der Waals surface area contributed by atoms with Crippen LogP contribution in [0.15, 0.2) is 91.5 Å². The third-order valence-corrected chi connectivity index (χ3v) is 9.47. The molecular formula is C32H26S2. The standard InChI is InChI=1S/C32H26S2/c1-5-21-7-9-22(10-8-21)28-14-16-30(33-28)31-17-15-29(34-31)23-11-13-25-24-12-6-20(2)18-26(24)32(3,4)27(25)19-23/h5-19H,1H2,2-4H3. The van der Waals surface area contributed by atoms with Crippen LogP contribution in [-0.4, -0.2) is 0 Å². The van der Waals surface area contributed by atoms with E-state index in [9.17, 15) is 0 Å². The molecule has 2 heteroatoms. The van der Waals surface area contributed by atoms with Crippen molar-refractivity contribution in [2.45, 2.75) is 26.2 Å². The lowest BCUT2D eigenvalue weighted by molar-refractivity contribution is 0.660. The van der Waals surface area contributed by atoms with Crippen molar-refractivity contribution in [3.8, 4) is 41.8 Å². The molecule has 0 radical (unpaired) electrons. The van der Waals surface area contributed by atoms with Crippen molar-refractivity contribution in [1.82, 2.24) is 0 Å². The molecule has 1 aliphatic rings. The van der Waals surface area contributed by atoms with Gasteiger partial charge in [0.2, 0.25) is 0 Å². The first kappa shape index (κ1) is 21.3. The summed E-state index contributed by atoms with van der Waals surface area (Å²) in [7, 11) is 0. The van der Waals surface area contributed by atoms with Crippen LogP contribution in [-0.2, 0) is 5.41 Å². The van der Waals surface area contributed by atoms with Crippen molar-refractivity contribution in [2.75, 3.05) is 0 Å². The summed E-state index contributed by atoms with van der Waals surface area (Å²) in [4.78, 5) is 5.27. The number of hydrogen-bond acceptors (Lipinski definition) is 2. The third-order valence-electron chi connectivity index (χ3n) is 7.00. The molecule has 0 aliphatic heterocycles. The van der Waals surface area contributed by atoms with E-state index in [-0.39, 0.29) is 5.41 Å². The molecule has 0 amide bonds. The zero-order valence-electron chi connectivity index (χ0n) is 19.7. The normalized spacial score (nSPS) is 13.5. The van der Waals surface area contributed by atoms with Crippen molar-refractivity contribution in [3.05, 3.63) is 114 Å². The average molecular weight is 475 g/mol. The highest BCUT2D eigenvalue weighted by Crippen LogP contribution is 2.50. The highest BCUT2D eigenvalue weighted by atomic mass is 32.1. The molecule has 0 N–H and O–H groups in total. The first-order valence-corrected chi connectivity index (χ1v) is 13.3. The third kappa shape index (κ3) is 3.41. The summed E-state index contributed by atoms with van der Waals surface area (Å²) in [6, 6.07) is 31.6. The molecule has 0 fully saturated rings. The molecule has 5 aromatic rings. The summed E-state index contributed by atoms with van der Waals surface area (Å²) < 4.78 is 0. The van der Waals surface area contributed by atoms with Crippen LogP contribution in [0.1, 0.15) is 36.1 Å². The van der Waals surface area contributed by atoms with Gasteiger partial charge in [0, 0.05) is 24.9 Å². The average Bonchev–Trinajstić information content (AvgIpc) is 3.57. The predicted octanol–water partition coefficient (Wildman–Crippen LogP) is 10.1. The van der Waals surface area contributed by atoms with Gasteiger partial charge in [0.15, 0.2) is 0 Å². The van der Waals surface area contributed by atoms with Gasteiger partial charge in [-0.2, -0.15) is 0 Å². The second-order valence-corrected chi connectivity index (χ2v) is 11.8. The molecule has 0 saturated heterocycles. The summed E-state index contributed by atoms with van der Waals surface area (Å²) >= 11 is 3.74. The lowest BCUT2D eigenvalue weighted by Crippen LogP contribution is -2.15. The van der Waals surface area contributed by atoms with Crippen molar-refractivity contribution < 1.29 is 0 Å². The maximum atomic E-state index is 3.85. The fourth-order valence-corrected chi connectivity index (χ4v) is 7.14. The zero-order valence-corrected chi connectivity index (χ0v) is 21.3. The molecule has 0 nitrogen and oxygen atoms in total. The molecule has 0 atom stereocenters. The molecule has 3 aromatic carbocycles. The number of benzene rings is 3. The Kier molecular flexibility index (Phi) is 4.98. The van der Waals surface area contributed by atoms with E-state index in [0.717, 1.165) is 5.56 Å². The number of rotatable bonds is 4. The molecule has 0 spiro atoms. The van der Waals surface area contributed by atoms with E-state index in [2.05, 4.69) is 112 Å². The summed E-state index contributed by atoms with van der Waals surface area (Å²) in [5, 5.41) is 0. The smallest absolute Gasteiger partial charge is 0.0449 e. The summed E-state index contributed by atoms with van der Waals surface area (Å²) in [6.45, 7) is 10.7. The number of fused-ring (bicyclic) bond motifs is 3. The Balaban J connectivity index is 1.32. The molecule has 6 rings (SSSR count). The fourth-order valence-electron chi connectivity index (χ4n) is 5.04. The lowest BCUT2D eigenvalue weighted by Gasteiger charge is -2.22. The minimum Gasteiger partial charge on any atom is -0.134 e. The van der Waals surface area contributed by atoms with Gasteiger partial charge >= 0.3 is 0 Å². The zero-order chi connectivity index (χ0) is 23.4. The van der Waals surface area contributed by atoms with Gasteiger partial charge in [-0.1, -0.05) is 86.7 Å². The Labute approximate surface area is 209 Å². The Bertz CT molecular complexity index is 1540. The summed E-state index contributed by atoms with van der Waals surface area (Å²) in [5.74, 6) is 0. The van der Waals surface area contributed by atoms with Crippen LogP contribution in [0.3, 0.4) is 0 Å². The minimum atomic E-state index is 0.0244. The Morgan fingerprint density at radius 2 is 1.15 bits per heavy atom. The maximum Gasteiger partial charge on any atom is 0.0449 e. The molecule has 0 saturated carbocycles. The SMILES string of the molecule is C=Cc1ccc(-c2ccc(-c3ccc(-c4ccc5c(c4)C(C)(C)c4cc(C)ccc4-5)s3)s2)cc1. The van der Waals surface area contributed by atoms with Gasteiger partial charge in [0.05, 0.1) is 0 Å². The van der Waals surface area contributed by atoms with E-state index in [0.29, 0.717) is 0 Å². The van der Waals surface area contributed by atoms with Crippen LogP contribution in [0.2, 0.25) is 0 Å². The lowest BCUT2D eigenvalue weighted by atomic mass is 9.81. The second kappa shape index (κ2) is 7.94. The molecule has 1 aliphatic carbocycles. The first-order chi connectivity index (χ1) is 16.4. The van der Waals surface area contributed by atoms with Crippen LogP contribution in [0.25, 0.3) is 47.8 Å². The highest BCUT2D eigenvalue weighted by molar-refractivity contribution is 7.25. The van der Waals surface area contributed by atoms with Crippen LogP contribution in [0.5, 0.6) is 0 Å². The van der Waals surface area contributed by atoms with Crippen LogP contribution < -0.4 is 0 Å². The molecule has 0 bridgehead atoms. The first-order valence-electron chi connectivity index (χ1n) is 11.6. The van der Waals surface area contributed by atoms with Crippen LogP contribution in [0, 0.1) is 6.92 Å². The van der Waals surface area contributed by atoms with Crippen molar-refractivity contribution in [1.29, 1.82) is 0 Å². The van der Waals surface area contributed by atoms with E-state index >= 15 is 0 Å². The number of aryl methyl sites for hydroxylation is 1. The van der Waals surface area contributed by atoms with E-state index < -0.39 is 0 Å². The summed E-state index contributed by atoms with van der Waals surface area (Å²) in [6.07, 6.45) is 1.89. The van der Waals surface area contributed by atoms with Crippen molar-refractivity contribution >= 4 is 28.7 Å². The molecule has 0 unspecified atom stereocenters. The van der Waals surface area contributed by atoms with Gasteiger partial charge in [-0.15, -0.1) is 22.7 Å². The van der Waals surface area contributed by atoms with Gasteiger partial charge in [0.25, 0.3) is 0 Å². The van der Waals surface area contributed by atoms with Gasteiger partial charge in [0.1, 0.15) is 0 Å². The maximum absolute atomic E-state index is 3.85. The van der Waals surface area contributed by atoms with Gasteiger partial charge < -0.3 is 0 Å². The topological polar surface area (TPSA) is 0 Å². The largest absolute Gasteiger partial charge is 0.134 e. The minimum absolute atomic E-state index is 0.0244. The molecular weight excluding hydrogens is 448 g/mol. The molecule has 2 aromatic heterocycles.